The van der Waals surface area contributed by atoms with Crippen molar-refractivity contribution in [1.82, 2.24) is 9.97 Å². The van der Waals surface area contributed by atoms with Crippen molar-refractivity contribution >= 4 is 33.1 Å². The summed E-state index contributed by atoms with van der Waals surface area (Å²) in [6.45, 7) is 3.68. The number of ketones is 1. The van der Waals surface area contributed by atoms with Gasteiger partial charge in [0.25, 0.3) is 10.0 Å². The summed E-state index contributed by atoms with van der Waals surface area (Å²) in [4.78, 5) is 20.7. The standard InChI is InChI=1S/C20H18ClN3O4S/c1-13(2)28-18-9-8-16(12-22-18)29(26,27)24-17-10-15(21)11-23-19(17)20(25)14-6-4-3-5-7-14/h3-13,24H,1-2H3. The van der Waals surface area contributed by atoms with Crippen molar-refractivity contribution in [1.29, 1.82) is 0 Å². The van der Waals surface area contributed by atoms with Crippen molar-refractivity contribution in [2.45, 2.75) is 24.8 Å². The Bertz CT molecular complexity index is 1120. The van der Waals surface area contributed by atoms with E-state index in [9.17, 15) is 13.2 Å². The minimum atomic E-state index is -4.03. The van der Waals surface area contributed by atoms with Gasteiger partial charge >= 0.3 is 0 Å². The van der Waals surface area contributed by atoms with Gasteiger partial charge in [0.1, 0.15) is 10.6 Å². The molecule has 0 saturated carbocycles. The highest BCUT2D eigenvalue weighted by Gasteiger charge is 2.22. The second-order valence-corrected chi connectivity index (χ2v) is 8.47. The average molecular weight is 432 g/mol. The fourth-order valence-electron chi connectivity index (χ4n) is 2.46. The highest BCUT2D eigenvalue weighted by molar-refractivity contribution is 7.92. The maximum atomic E-state index is 12.8. The quantitative estimate of drug-likeness (QED) is 0.569. The monoisotopic (exact) mass is 431 g/mol. The van der Waals surface area contributed by atoms with Crippen molar-refractivity contribution < 1.29 is 17.9 Å². The number of nitrogens with zero attached hydrogens (tertiary/aromatic N) is 2. The van der Waals surface area contributed by atoms with Gasteiger partial charge in [0.2, 0.25) is 11.7 Å². The van der Waals surface area contributed by atoms with E-state index in [-0.39, 0.29) is 27.4 Å². The molecule has 0 aliphatic rings. The van der Waals surface area contributed by atoms with Gasteiger partial charge in [-0.3, -0.25) is 9.52 Å². The first kappa shape index (κ1) is 20.8. The highest BCUT2D eigenvalue weighted by Crippen LogP contribution is 2.25. The smallest absolute Gasteiger partial charge is 0.263 e. The molecule has 0 aliphatic carbocycles. The van der Waals surface area contributed by atoms with Crippen LogP contribution >= 0.6 is 11.6 Å². The minimum Gasteiger partial charge on any atom is -0.475 e. The zero-order valence-corrected chi connectivity index (χ0v) is 17.2. The van der Waals surface area contributed by atoms with Gasteiger partial charge in [-0.05, 0) is 26.0 Å². The van der Waals surface area contributed by atoms with Crippen LogP contribution in [-0.2, 0) is 10.0 Å². The van der Waals surface area contributed by atoms with Crippen LogP contribution in [0.1, 0.15) is 29.9 Å². The molecule has 0 amide bonds. The van der Waals surface area contributed by atoms with Gasteiger partial charge in [-0.1, -0.05) is 41.9 Å². The number of hydrogen-bond acceptors (Lipinski definition) is 6. The van der Waals surface area contributed by atoms with E-state index in [0.29, 0.717) is 11.4 Å². The van der Waals surface area contributed by atoms with Crippen LogP contribution in [0.15, 0.2) is 65.8 Å². The molecule has 1 aromatic carbocycles. The Hall–Kier alpha value is -2.97. The number of ether oxygens (including phenoxy) is 1. The third kappa shape index (κ3) is 5.10. The Labute approximate surface area is 173 Å². The van der Waals surface area contributed by atoms with Crippen LogP contribution in [0.25, 0.3) is 0 Å². The Kier molecular flexibility index (Phi) is 6.14. The number of halogens is 1. The molecule has 0 spiro atoms. The van der Waals surface area contributed by atoms with E-state index in [1.807, 2.05) is 13.8 Å². The van der Waals surface area contributed by atoms with E-state index in [0.717, 1.165) is 0 Å². The molecule has 0 atom stereocenters. The molecule has 150 valence electrons. The SMILES string of the molecule is CC(C)Oc1ccc(S(=O)(=O)Nc2cc(Cl)cnc2C(=O)c2ccccc2)cn1. The molecule has 0 bridgehead atoms. The molecule has 0 unspecified atom stereocenters. The molecule has 2 heterocycles. The Morgan fingerprint density at radius 3 is 2.41 bits per heavy atom. The van der Waals surface area contributed by atoms with Crippen molar-refractivity contribution in [2.75, 3.05) is 4.72 Å². The number of carbonyl (C=O) groups excluding carboxylic acids is 1. The summed E-state index contributed by atoms with van der Waals surface area (Å²) in [5.74, 6) is -0.123. The van der Waals surface area contributed by atoms with E-state index in [1.165, 1.54) is 30.6 Å². The van der Waals surface area contributed by atoms with Gasteiger partial charge in [-0.2, -0.15) is 0 Å². The lowest BCUT2D eigenvalue weighted by Gasteiger charge is -2.13. The van der Waals surface area contributed by atoms with Crippen LogP contribution in [0, 0.1) is 0 Å². The van der Waals surface area contributed by atoms with Gasteiger partial charge < -0.3 is 4.74 Å². The Morgan fingerprint density at radius 1 is 1.07 bits per heavy atom. The molecule has 3 aromatic rings. The van der Waals surface area contributed by atoms with Crippen LogP contribution in [0.4, 0.5) is 5.69 Å². The second kappa shape index (κ2) is 8.59. The molecule has 2 aromatic heterocycles. The number of benzene rings is 1. The number of anilines is 1. The van der Waals surface area contributed by atoms with Crippen LogP contribution in [0.5, 0.6) is 5.88 Å². The zero-order valence-electron chi connectivity index (χ0n) is 15.7. The third-order valence-electron chi connectivity index (χ3n) is 3.73. The van der Waals surface area contributed by atoms with Crippen molar-refractivity contribution in [3.63, 3.8) is 0 Å². The number of pyridine rings is 2. The fraction of sp³-hybridized carbons (Fsp3) is 0.150. The predicted octanol–water partition coefficient (Wildman–Crippen LogP) is 3.95. The molecule has 3 rings (SSSR count). The lowest BCUT2D eigenvalue weighted by Crippen LogP contribution is -2.17. The molecule has 9 heteroatoms. The van der Waals surface area contributed by atoms with Gasteiger partial charge in [0, 0.05) is 17.8 Å². The number of aromatic nitrogens is 2. The number of rotatable bonds is 7. The summed E-state index contributed by atoms with van der Waals surface area (Å²) in [6.07, 6.45) is 2.37. The van der Waals surface area contributed by atoms with Gasteiger partial charge in [-0.25, -0.2) is 18.4 Å². The van der Waals surface area contributed by atoms with Gasteiger partial charge in [-0.15, -0.1) is 0 Å². The first-order valence-corrected chi connectivity index (χ1v) is 10.5. The molecular weight excluding hydrogens is 414 g/mol. The number of nitrogens with one attached hydrogen (secondary N) is 1. The molecule has 0 saturated heterocycles. The van der Waals surface area contributed by atoms with E-state index < -0.39 is 15.8 Å². The number of hydrogen-bond donors (Lipinski definition) is 1. The van der Waals surface area contributed by atoms with E-state index in [2.05, 4.69) is 14.7 Å². The van der Waals surface area contributed by atoms with Crippen LogP contribution < -0.4 is 9.46 Å². The largest absolute Gasteiger partial charge is 0.475 e. The lowest BCUT2D eigenvalue weighted by molar-refractivity contribution is 0.103. The van der Waals surface area contributed by atoms with Crippen LogP contribution in [0.3, 0.4) is 0 Å². The molecule has 0 fully saturated rings. The number of sulfonamides is 1. The van der Waals surface area contributed by atoms with Crippen LogP contribution in [0.2, 0.25) is 5.02 Å². The summed E-state index contributed by atoms with van der Waals surface area (Å²) in [5.41, 5.74) is 0.297. The third-order valence-corrected chi connectivity index (χ3v) is 5.28. The first-order chi connectivity index (χ1) is 13.8. The maximum absolute atomic E-state index is 12.8. The van der Waals surface area contributed by atoms with Crippen LogP contribution in [-0.4, -0.2) is 30.3 Å². The summed E-state index contributed by atoms with van der Waals surface area (Å²) in [6, 6.07) is 12.6. The summed E-state index contributed by atoms with van der Waals surface area (Å²) in [7, 11) is -4.03. The van der Waals surface area contributed by atoms with Gasteiger partial charge in [0.05, 0.1) is 23.0 Å². The van der Waals surface area contributed by atoms with Crippen molar-refractivity contribution in [3.8, 4) is 5.88 Å². The highest BCUT2D eigenvalue weighted by atomic mass is 35.5. The Morgan fingerprint density at radius 2 is 1.79 bits per heavy atom. The van der Waals surface area contributed by atoms with Crippen molar-refractivity contribution in [2.24, 2.45) is 0 Å². The van der Waals surface area contributed by atoms with Crippen molar-refractivity contribution in [3.05, 3.63) is 77.2 Å². The second-order valence-electron chi connectivity index (χ2n) is 6.35. The topological polar surface area (TPSA) is 98.3 Å². The predicted molar refractivity (Wildman–Crippen MR) is 110 cm³/mol. The minimum absolute atomic E-state index is 0.0196. The van der Waals surface area contributed by atoms with E-state index >= 15 is 0 Å². The fourth-order valence-corrected chi connectivity index (χ4v) is 3.62. The molecule has 0 aliphatic heterocycles. The zero-order chi connectivity index (χ0) is 21.0. The van der Waals surface area contributed by atoms with Gasteiger partial charge in [0.15, 0.2) is 0 Å². The maximum Gasteiger partial charge on any atom is 0.263 e. The molecule has 29 heavy (non-hydrogen) atoms. The van der Waals surface area contributed by atoms with E-state index in [4.69, 9.17) is 16.3 Å². The average Bonchev–Trinajstić information content (AvgIpc) is 2.68. The summed E-state index contributed by atoms with van der Waals surface area (Å²) < 4.78 is 33.4. The molecule has 0 radical (unpaired) electrons. The summed E-state index contributed by atoms with van der Waals surface area (Å²) in [5, 5.41) is 0.186. The Balaban J connectivity index is 1.93. The normalized spacial score (nSPS) is 11.3. The number of carbonyl (C=O) groups is 1. The molecular formula is C20H18ClN3O4S. The lowest BCUT2D eigenvalue weighted by atomic mass is 10.1. The molecule has 7 nitrogen and oxygen atoms in total. The first-order valence-electron chi connectivity index (χ1n) is 8.67. The van der Waals surface area contributed by atoms with E-state index in [1.54, 1.807) is 30.3 Å². The summed E-state index contributed by atoms with van der Waals surface area (Å²) >= 11 is 5.97. The molecule has 1 N–H and O–H groups in total.